The van der Waals surface area contributed by atoms with Crippen LogP contribution in [0.4, 0.5) is 0 Å². The van der Waals surface area contributed by atoms with E-state index in [1.807, 2.05) is 20.1 Å². The second kappa shape index (κ2) is 6.61. The molecule has 0 aliphatic carbocycles. The van der Waals surface area contributed by atoms with Gasteiger partial charge in [0.2, 0.25) is 5.91 Å². The summed E-state index contributed by atoms with van der Waals surface area (Å²) in [5.74, 6) is -0.0758. The molecule has 110 valence electrons. The molecule has 0 bridgehead atoms. The summed E-state index contributed by atoms with van der Waals surface area (Å²) >= 11 is 1.65. The lowest BCUT2D eigenvalue weighted by Crippen LogP contribution is -2.46. The predicted octanol–water partition coefficient (Wildman–Crippen LogP) is 1.03. The summed E-state index contributed by atoms with van der Waals surface area (Å²) in [5.41, 5.74) is 5.06. The van der Waals surface area contributed by atoms with Crippen molar-refractivity contribution >= 4 is 23.6 Å². The van der Waals surface area contributed by atoms with Crippen molar-refractivity contribution in [1.82, 2.24) is 4.90 Å². The molecule has 0 saturated carbocycles. The zero-order chi connectivity index (χ0) is 14.6. The molecule has 0 aromatic rings. The Kier molecular flexibility index (Phi) is 5.67. The number of hydrogen-bond donors (Lipinski definition) is 2. The molecule has 0 spiro atoms. The number of aliphatic carboxylic acids is 1. The number of carboxylic acid groups (broad SMARTS) is 1. The Morgan fingerprint density at radius 3 is 2.53 bits per heavy atom. The summed E-state index contributed by atoms with van der Waals surface area (Å²) in [6, 6.07) is -0.510. The number of carboxylic acids is 1. The molecule has 1 fully saturated rings. The first kappa shape index (κ1) is 16.3. The summed E-state index contributed by atoms with van der Waals surface area (Å²) < 4.78 is 0. The first-order valence-corrected chi connectivity index (χ1v) is 8.01. The Hall–Kier alpha value is -0.750. The van der Waals surface area contributed by atoms with Gasteiger partial charge in [-0.15, -0.1) is 0 Å². The van der Waals surface area contributed by atoms with Crippen LogP contribution < -0.4 is 5.73 Å². The molecule has 0 aromatic carbocycles. The normalized spacial score (nSPS) is 24.8. The first-order valence-electron chi connectivity index (χ1n) is 6.62. The van der Waals surface area contributed by atoms with Crippen molar-refractivity contribution in [3.05, 3.63) is 0 Å². The molecule has 6 heteroatoms. The topological polar surface area (TPSA) is 83.6 Å². The Balaban J connectivity index is 2.69. The van der Waals surface area contributed by atoms with Crippen molar-refractivity contribution < 1.29 is 14.7 Å². The highest BCUT2D eigenvalue weighted by Gasteiger charge is 2.48. The first-order chi connectivity index (χ1) is 8.85. The van der Waals surface area contributed by atoms with Crippen LogP contribution in [-0.4, -0.2) is 53.0 Å². The SMILES string of the molecule is CSCC[C@@H](N)C(=O)N1CCC(C(=O)O)(C(C)C)C1. The average molecular weight is 288 g/mol. The van der Waals surface area contributed by atoms with Crippen molar-refractivity contribution in [2.45, 2.75) is 32.7 Å². The molecule has 1 saturated heterocycles. The summed E-state index contributed by atoms with van der Waals surface area (Å²) in [6.45, 7) is 4.58. The van der Waals surface area contributed by atoms with Crippen LogP contribution in [0, 0.1) is 11.3 Å². The van der Waals surface area contributed by atoms with E-state index >= 15 is 0 Å². The van der Waals surface area contributed by atoms with Gasteiger partial charge >= 0.3 is 5.97 Å². The van der Waals surface area contributed by atoms with Crippen LogP contribution in [0.25, 0.3) is 0 Å². The zero-order valence-corrected chi connectivity index (χ0v) is 12.7. The molecule has 0 radical (unpaired) electrons. The summed E-state index contributed by atoms with van der Waals surface area (Å²) in [7, 11) is 0. The van der Waals surface area contributed by atoms with Crippen LogP contribution in [0.5, 0.6) is 0 Å². The quantitative estimate of drug-likeness (QED) is 0.762. The fourth-order valence-corrected chi connectivity index (χ4v) is 3.01. The van der Waals surface area contributed by atoms with Crippen LogP contribution in [0.15, 0.2) is 0 Å². The molecule has 1 aliphatic heterocycles. The molecule has 1 aliphatic rings. The smallest absolute Gasteiger partial charge is 0.311 e. The number of likely N-dealkylation sites (tertiary alicyclic amines) is 1. The van der Waals surface area contributed by atoms with Crippen molar-refractivity contribution in [3.8, 4) is 0 Å². The second-order valence-electron chi connectivity index (χ2n) is 5.51. The molecule has 1 amide bonds. The number of rotatable bonds is 6. The number of nitrogens with zero attached hydrogens (tertiary/aromatic N) is 1. The molecule has 19 heavy (non-hydrogen) atoms. The van der Waals surface area contributed by atoms with Gasteiger partial charge in [-0.2, -0.15) is 11.8 Å². The van der Waals surface area contributed by atoms with Crippen molar-refractivity contribution in [3.63, 3.8) is 0 Å². The van der Waals surface area contributed by atoms with Gasteiger partial charge in [0.25, 0.3) is 0 Å². The van der Waals surface area contributed by atoms with E-state index in [-0.39, 0.29) is 18.4 Å². The third-order valence-corrected chi connectivity index (χ3v) is 4.74. The lowest BCUT2D eigenvalue weighted by atomic mass is 9.76. The van der Waals surface area contributed by atoms with Gasteiger partial charge in [-0.25, -0.2) is 0 Å². The van der Waals surface area contributed by atoms with E-state index in [1.54, 1.807) is 16.7 Å². The van der Waals surface area contributed by atoms with E-state index < -0.39 is 17.4 Å². The van der Waals surface area contributed by atoms with Gasteiger partial charge in [-0.1, -0.05) is 13.8 Å². The monoisotopic (exact) mass is 288 g/mol. The number of thioether (sulfide) groups is 1. The van der Waals surface area contributed by atoms with Gasteiger partial charge in [-0.3, -0.25) is 9.59 Å². The zero-order valence-electron chi connectivity index (χ0n) is 11.9. The fraction of sp³-hybridized carbons (Fsp3) is 0.846. The number of nitrogens with two attached hydrogens (primary N) is 1. The molecule has 1 rings (SSSR count). The molecule has 2 atom stereocenters. The van der Waals surface area contributed by atoms with E-state index in [2.05, 4.69) is 0 Å². The maximum atomic E-state index is 12.2. The van der Waals surface area contributed by atoms with Crippen LogP contribution in [-0.2, 0) is 9.59 Å². The van der Waals surface area contributed by atoms with Crippen LogP contribution in [0.3, 0.4) is 0 Å². The molecular formula is C13H24N2O3S. The molecule has 0 aromatic heterocycles. The van der Waals surface area contributed by atoms with Gasteiger partial charge in [-0.05, 0) is 30.8 Å². The molecule has 5 nitrogen and oxygen atoms in total. The summed E-state index contributed by atoms with van der Waals surface area (Å²) in [5, 5.41) is 9.44. The highest BCUT2D eigenvalue weighted by atomic mass is 32.2. The Morgan fingerprint density at radius 1 is 1.47 bits per heavy atom. The lowest BCUT2D eigenvalue weighted by Gasteiger charge is -2.29. The minimum atomic E-state index is -0.811. The van der Waals surface area contributed by atoms with Gasteiger partial charge in [0.1, 0.15) is 0 Å². The Bertz CT molecular complexity index is 349. The Labute approximate surface area is 118 Å². The maximum absolute atomic E-state index is 12.2. The van der Waals surface area contributed by atoms with Crippen LogP contribution >= 0.6 is 11.8 Å². The molecular weight excluding hydrogens is 264 g/mol. The number of carbonyl (C=O) groups is 2. The standard InChI is InChI=1S/C13H24N2O3S/c1-9(2)13(12(17)18)5-6-15(8-13)11(16)10(14)4-7-19-3/h9-10H,4-8,14H2,1-3H3,(H,17,18)/t10-,13?/m1/s1. The van der Waals surface area contributed by atoms with Crippen molar-refractivity contribution in [2.24, 2.45) is 17.1 Å². The third kappa shape index (κ3) is 3.42. The van der Waals surface area contributed by atoms with Crippen molar-refractivity contribution in [2.75, 3.05) is 25.1 Å². The van der Waals surface area contributed by atoms with Crippen molar-refractivity contribution in [1.29, 1.82) is 0 Å². The van der Waals surface area contributed by atoms with Gasteiger partial charge < -0.3 is 15.7 Å². The fourth-order valence-electron chi connectivity index (χ4n) is 2.52. The third-order valence-electron chi connectivity index (χ3n) is 4.09. The van der Waals surface area contributed by atoms with Crippen LogP contribution in [0.2, 0.25) is 0 Å². The number of carbonyl (C=O) groups excluding carboxylic acids is 1. The second-order valence-corrected chi connectivity index (χ2v) is 6.50. The van der Waals surface area contributed by atoms with Crippen LogP contribution in [0.1, 0.15) is 26.7 Å². The minimum absolute atomic E-state index is 0.00484. The molecule has 1 heterocycles. The van der Waals surface area contributed by atoms with Gasteiger partial charge in [0.05, 0.1) is 11.5 Å². The van der Waals surface area contributed by atoms with Gasteiger partial charge in [0, 0.05) is 13.1 Å². The molecule has 1 unspecified atom stereocenters. The molecule has 3 N–H and O–H groups in total. The van der Waals surface area contributed by atoms with Gasteiger partial charge in [0.15, 0.2) is 0 Å². The Morgan fingerprint density at radius 2 is 2.11 bits per heavy atom. The van der Waals surface area contributed by atoms with E-state index in [4.69, 9.17) is 5.73 Å². The van der Waals surface area contributed by atoms with E-state index in [1.165, 1.54) is 0 Å². The number of hydrogen-bond acceptors (Lipinski definition) is 4. The predicted molar refractivity (Wildman–Crippen MR) is 77.1 cm³/mol. The average Bonchev–Trinajstić information content (AvgIpc) is 2.81. The lowest BCUT2D eigenvalue weighted by molar-refractivity contribution is -0.151. The minimum Gasteiger partial charge on any atom is -0.481 e. The van der Waals surface area contributed by atoms with E-state index in [9.17, 15) is 14.7 Å². The summed E-state index contributed by atoms with van der Waals surface area (Å²) in [6.07, 6.45) is 3.13. The largest absolute Gasteiger partial charge is 0.481 e. The summed E-state index contributed by atoms with van der Waals surface area (Å²) in [4.78, 5) is 25.3. The van der Waals surface area contributed by atoms with E-state index in [0.29, 0.717) is 19.4 Å². The number of amides is 1. The van der Waals surface area contributed by atoms with E-state index in [0.717, 1.165) is 5.75 Å². The highest BCUT2D eigenvalue weighted by Crippen LogP contribution is 2.38. The maximum Gasteiger partial charge on any atom is 0.311 e. The highest BCUT2D eigenvalue weighted by molar-refractivity contribution is 7.98.